The summed E-state index contributed by atoms with van der Waals surface area (Å²) in [6.45, 7) is 0.178. The van der Waals surface area contributed by atoms with E-state index in [0.717, 1.165) is 5.56 Å². The minimum atomic E-state index is -3.04. The first-order valence-corrected chi connectivity index (χ1v) is 6.48. The molecule has 0 aromatic heterocycles. The van der Waals surface area contributed by atoms with Gasteiger partial charge >= 0.3 is 0 Å². The number of halogens is 2. The van der Waals surface area contributed by atoms with E-state index in [9.17, 15) is 8.78 Å². The standard InChI is InChI=1S/C14H16F2O4/c1-17-11-7-14(15,16)12-13(20-11)18-8-10(19-12)9-5-3-2-4-6-9/h2-6,10-13H,7-8H2,1H3/t10-,11-,12+,13-/m0/s1. The summed E-state index contributed by atoms with van der Waals surface area (Å²) in [6, 6.07) is 9.18. The molecule has 2 heterocycles. The van der Waals surface area contributed by atoms with Crippen LogP contribution in [-0.2, 0) is 18.9 Å². The van der Waals surface area contributed by atoms with Gasteiger partial charge in [0.15, 0.2) is 18.7 Å². The molecule has 110 valence electrons. The predicted octanol–water partition coefficient (Wildman–Crippen LogP) is 2.50. The molecule has 2 aliphatic rings. The third kappa shape index (κ3) is 2.56. The van der Waals surface area contributed by atoms with E-state index in [4.69, 9.17) is 18.9 Å². The highest BCUT2D eigenvalue weighted by atomic mass is 19.3. The van der Waals surface area contributed by atoms with Crippen LogP contribution in [0.4, 0.5) is 8.78 Å². The van der Waals surface area contributed by atoms with Crippen LogP contribution in [0.5, 0.6) is 0 Å². The number of fused-ring (bicyclic) bond motifs is 1. The number of methoxy groups -OCH3 is 1. The second-order valence-electron chi connectivity index (χ2n) is 4.92. The van der Waals surface area contributed by atoms with Crippen LogP contribution >= 0.6 is 0 Å². The Balaban J connectivity index is 1.77. The first-order chi connectivity index (χ1) is 9.60. The van der Waals surface area contributed by atoms with Crippen molar-refractivity contribution < 1.29 is 27.7 Å². The maximum Gasteiger partial charge on any atom is 0.283 e. The van der Waals surface area contributed by atoms with Crippen LogP contribution in [-0.4, -0.2) is 38.3 Å². The van der Waals surface area contributed by atoms with Gasteiger partial charge in [0.2, 0.25) is 0 Å². The molecule has 0 unspecified atom stereocenters. The Hall–Kier alpha value is -1.08. The third-order valence-corrected chi connectivity index (χ3v) is 3.55. The zero-order valence-corrected chi connectivity index (χ0v) is 11.0. The Bertz CT molecular complexity index is 454. The summed E-state index contributed by atoms with van der Waals surface area (Å²) in [5, 5.41) is 0. The fourth-order valence-electron chi connectivity index (χ4n) is 2.48. The molecule has 0 N–H and O–H groups in total. The van der Waals surface area contributed by atoms with Crippen molar-refractivity contribution in [3.05, 3.63) is 35.9 Å². The third-order valence-electron chi connectivity index (χ3n) is 3.55. The molecule has 1 aromatic carbocycles. The molecule has 3 rings (SSSR count). The highest BCUT2D eigenvalue weighted by molar-refractivity contribution is 5.18. The second kappa shape index (κ2) is 5.37. The summed E-state index contributed by atoms with van der Waals surface area (Å²) < 4.78 is 49.3. The fourth-order valence-corrected chi connectivity index (χ4v) is 2.48. The SMILES string of the molecule is CO[C@@H]1CC(F)(F)[C@@H]2O[C@H](c3ccccc3)CO[C@H]2O1. The number of hydrogen-bond acceptors (Lipinski definition) is 4. The van der Waals surface area contributed by atoms with E-state index in [1.165, 1.54) is 7.11 Å². The highest BCUT2D eigenvalue weighted by Gasteiger charge is 2.56. The lowest BCUT2D eigenvalue weighted by Crippen LogP contribution is -2.58. The molecule has 0 amide bonds. The smallest absolute Gasteiger partial charge is 0.283 e. The maximum atomic E-state index is 14.1. The highest BCUT2D eigenvalue weighted by Crippen LogP contribution is 2.41. The topological polar surface area (TPSA) is 36.9 Å². The summed E-state index contributed by atoms with van der Waals surface area (Å²) in [5.41, 5.74) is 0.815. The zero-order chi connectivity index (χ0) is 14.2. The van der Waals surface area contributed by atoms with Crippen molar-refractivity contribution in [2.45, 2.75) is 37.1 Å². The molecule has 2 aliphatic heterocycles. The number of benzene rings is 1. The van der Waals surface area contributed by atoms with Gasteiger partial charge in [0.25, 0.3) is 5.92 Å². The monoisotopic (exact) mass is 286 g/mol. The lowest BCUT2D eigenvalue weighted by atomic mass is 10.0. The van der Waals surface area contributed by atoms with Gasteiger partial charge in [0.05, 0.1) is 13.0 Å². The van der Waals surface area contributed by atoms with E-state index in [-0.39, 0.29) is 6.61 Å². The molecule has 4 nitrogen and oxygen atoms in total. The van der Waals surface area contributed by atoms with Gasteiger partial charge in [-0.05, 0) is 5.56 Å². The minimum Gasteiger partial charge on any atom is -0.356 e. The van der Waals surface area contributed by atoms with E-state index < -0.39 is 37.1 Å². The summed E-state index contributed by atoms with van der Waals surface area (Å²) in [5.74, 6) is -3.04. The molecule has 0 saturated carbocycles. The van der Waals surface area contributed by atoms with Crippen LogP contribution in [0.15, 0.2) is 30.3 Å². The Morgan fingerprint density at radius 2 is 1.95 bits per heavy atom. The average molecular weight is 286 g/mol. The van der Waals surface area contributed by atoms with Gasteiger partial charge in [0.1, 0.15) is 6.10 Å². The fraction of sp³-hybridized carbons (Fsp3) is 0.571. The summed E-state index contributed by atoms with van der Waals surface area (Å²) in [7, 11) is 1.33. The first-order valence-electron chi connectivity index (χ1n) is 6.48. The van der Waals surface area contributed by atoms with E-state index in [1.807, 2.05) is 30.3 Å². The number of hydrogen-bond donors (Lipinski definition) is 0. The van der Waals surface area contributed by atoms with E-state index in [2.05, 4.69) is 0 Å². The lowest BCUT2D eigenvalue weighted by molar-refractivity contribution is -0.387. The summed E-state index contributed by atoms with van der Waals surface area (Å²) in [4.78, 5) is 0. The van der Waals surface area contributed by atoms with Crippen molar-refractivity contribution >= 4 is 0 Å². The van der Waals surface area contributed by atoms with Gasteiger partial charge in [-0.1, -0.05) is 30.3 Å². The largest absolute Gasteiger partial charge is 0.356 e. The Morgan fingerprint density at radius 3 is 2.65 bits per heavy atom. The van der Waals surface area contributed by atoms with Crippen molar-refractivity contribution in [2.75, 3.05) is 13.7 Å². The van der Waals surface area contributed by atoms with Crippen molar-refractivity contribution in [2.24, 2.45) is 0 Å². The second-order valence-corrected chi connectivity index (χ2v) is 4.92. The van der Waals surface area contributed by atoms with E-state index >= 15 is 0 Å². The van der Waals surface area contributed by atoms with Gasteiger partial charge < -0.3 is 18.9 Å². The van der Waals surface area contributed by atoms with E-state index in [1.54, 1.807) is 0 Å². The minimum absolute atomic E-state index is 0.178. The molecule has 6 heteroatoms. The molecule has 2 saturated heterocycles. The molecule has 0 spiro atoms. The molecule has 2 fully saturated rings. The van der Waals surface area contributed by atoms with Gasteiger partial charge in [0, 0.05) is 7.11 Å². The first kappa shape index (κ1) is 13.9. The van der Waals surface area contributed by atoms with Crippen molar-refractivity contribution in [3.8, 4) is 0 Å². The quantitative estimate of drug-likeness (QED) is 0.837. The van der Waals surface area contributed by atoms with Gasteiger partial charge in [-0.2, -0.15) is 0 Å². The van der Waals surface area contributed by atoms with Crippen LogP contribution < -0.4 is 0 Å². The summed E-state index contributed by atoms with van der Waals surface area (Å²) >= 11 is 0. The lowest BCUT2D eigenvalue weighted by Gasteiger charge is -2.45. The maximum absolute atomic E-state index is 14.1. The summed E-state index contributed by atoms with van der Waals surface area (Å²) in [6.07, 6.45) is -4.51. The Kier molecular flexibility index (Phi) is 3.72. The van der Waals surface area contributed by atoms with Crippen LogP contribution in [0.3, 0.4) is 0 Å². The number of alkyl halides is 2. The molecule has 0 radical (unpaired) electrons. The van der Waals surface area contributed by atoms with Crippen molar-refractivity contribution in [1.82, 2.24) is 0 Å². The molecular formula is C14H16F2O4. The Morgan fingerprint density at radius 1 is 1.20 bits per heavy atom. The molecule has 0 bridgehead atoms. The molecule has 4 atom stereocenters. The van der Waals surface area contributed by atoms with Crippen molar-refractivity contribution in [3.63, 3.8) is 0 Å². The van der Waals surface area contributed by atoms with E-state index in [0.29, 0.717) is 0 Å². The van der Waals surface area contributed by atoms with Gasteiger partial charge in [-0.15, -0.1) is 0 Å². The molecule has 20 heavy (non-hydrogen) atoms. The average Bonchev–Trinajstić information content (AvgIpc) is 2.47. The van der Waals surface area contributed by atoms with Crippen molar-refractivity contribution in [1.29, 1.82) is 0 Å². The molecule has 0 aliphatic carbocycles. The normalized spacial score (nSPS) is 36.4. The number of ether oxygens (including phenoxy) is 4. The van der Waals surface area contributed by atoms with Crippen LogP contribution in [0.2, 0.25) is 0 Å². The van der Waals surface area contributed by atoms with Crippen LogP contribution in [0.1, 0.15) is 18.1 Å². The van der Waals surface area contributed by atoms with Gasteiger partial charge in [-0.25, -0.2) is 8.78 Å². The molecule has 1 aromatic rings. The predicted molar refractivity (Wildman–Crippen MR) is 65.2 cm³/mol. The zero-order valence-electron chi connectivity index (χ0n) is 11.0. The Labute approximate surface area is 115 Å². The van der Waals surface area contributed by atoms with Gasteiger partial charge in [-0.3, -0.25) is 0 Å². The van der Waals surface area contributed by atoms with Crippen LogP contribution in [0.25, 0.3) is 0 Å². The molecular weight excluding hydrogens is 270 g/mol. The van der Waals surface area contributed by atoms with Crippen LogP contribution in [0, 0.1) is 0 Å². The number of rotatable bonds is 2.